The summed E-state index contributed by atoms with van der Waals surface area (Å²) in [6, 6.07) is 1.86. The lowest BCUT2D eigenvalue weighted by Crippen LogP contribution is -2.47. The highest BCUT2D eigenvalue weighted by Crippen LogP contribution is 2.10. The number of nitrogens with zero attached hydrogens (tertiary/aromatic N) is 2. The number of hydrogen-bond donors (Lipinski definition) is 1. The van der Waals surface area contributed by atoms with Crippen LogP contribution < -0.4 is 5.32 Å². The minimum absolute atomic E-state index is 0.0390. The van der Waals surface area contributed by atoms with Crippen LogP contribution in [0.4, 0.5) is 0 Å². The standard InChI is InChI=1S/C13H21N3O4/c1-19-8-9-20-10-13(18)16-6-3-11(4-7-16)15-12(17)2-5-14/h11H,2-4,6-10H2,1H3,(H,15,17). The van der Waals surface area contributed by atoms with Gasteiger partial charge < -0.3 is 19.7 Å². The average Bonchev–Trinajstić information content (AvgIpc) is 2.44. The fraction of sp³-hybridized carbons (Fsp3) is 0.769. The van der Waals surface area contributed by atoms with E-state index >= 15 is 0 Å². The number of carbonyl (C=O) groups is 2. The Bertz CT molecular complexity index is 359. The van der Waals surface area contributed by atoms with Crippen molar-refractivity contribution in [2.24, 2.45) is 0 Å². The Balaban J connectivity index is 2.19. The predicted molar refractivity (Wildman–Crippen MR) is 70.7 cm³/mol. The monoisotopic (exact) mass is 283 g/mol. The second-order valence-electron chi connectivity index (χ2n) is 4.60. The van der Waals surface area contributed by atoms with Crippen molar-refractivity contribution in [3.63, 3.8) is 0 Å². The number of methoxy groups -OCH3 is 1. The average molecular weight is 283 g/mol. The van der Waals surface area contributed by atoms with E-state index in [0.29, 0.717) is 39.1 Å². The first-order chi connectivity index (χ1) is 9.67. The van der Waals surface area contributed by atoms with Crippen LogP contribution in [0.3, 0.4) is 0 Å². The molecule has 112 valence electrons. The summed E-state index contributed by atoms with van der Waals surface area (Å²) in [7, 11) is 1.58. The van der Waals surface area contributed by atoms with Crippen LogP contribution in [0, 0.1) is 11.3 Å². The van der Waals surface area contributed by atoms with Crippen molar-refractivity contribution in [3.8, 4) is 6.07 Å². The van der Waals surface area contributed by atoms with Gasteiger partial charge in [0, 0.05) is 26.2 Å². The largest absolute Gasteiger partial charge is 0.382 e. The minimum Gasteiger partial charge on any atom is -0.382 e. The number of nitrogens with one attached hydrogen (secondary N) is 1. The molecule has 0 radical (unpaired) electrons. The van der Waals surface area contributed by atoms with Crippen LogP contribution >= 0.6 is 0 Å². The van der Waals surface area contributed by atoms with Crippen LogP contribution in [0.15, 0.2) is 0 Å². The maximum absolute atomic E-state index is 11.8. The van der Waals surface area contributed by atoms with Crippen molar-refractivity contribution >= 4 is 11.8 Å². The molecule has 1 aliphatic heterocycles. The van der Waals surface area contributed by atoms with Crippen LogP contribution in [0.1, 0.15) is 19.3 Å². The molecule has 1 fully saturated rings. The van der Waals surface area contributed by atoms with E-state index in [1.807, 2.05) is 6.07 Å². The molecule has 0 atom stereocenters. The molecule has 0 aliphatic carbocycles. The van der Waals surface area contributed by atoms with Crippen LogP contribution in [0.5, 0.6) is 0 Å². The van der Waals surface area contributed by atoms with Gasteiger partial charge in [-0.1, -0.05) is 0 Å². The van der Waals surface area contributed by atoms with Crippen LogP contribution in [-0.4, -0.2) is 62.8 Å². The lowest BCUT2D eigenvalue weighted by atomic mass is 10.0. The molecule has 0 bridgehead atoms. The van der Waals surface area contributed by atoms with Gasteiger partial charge in [0.2, 0.25) is 11.8 Å². The minimum atomic E-state index is -0.250. The summed E-state index contributed by atoms with van der Waals surface area (Å²) in [6.45, 7) is 2.14. The molecule has 0 aromatic carbocycles. The van der Waals surface area contributed by atoms with Gasteiger partial charge in [-0.15, -0.1) is 0 Å². The van der Waals surface area contributed by atoms with Gasteiger partial charge in [0.25, 0.3) is 0 Å². The zero-order valence-electron chi connectivity index (χ0n) is 11.8. The van der Waals surface area contributed by atoms with Crippen molar-refractivity contribution in [2.45, 2.75) is 25.3 Å². The van der Waals surface area contributed by atoms with Gasteiger partial charge in [0.05, 0.1) is 19.3 Å². The third kappa shape index (κ3) is 5.99. The number of hydrogen-bond acceptors (Lipinski definition) is 5. The zero-order valence-corrected chi connectivity index (χ0v) is 11.8. The van der Waals surface area contributed by atoms with Crippen LogP contribution in [0.25, 0.3) is 0 Å². The molecular formula is C13H21N3O4. The molecule has 1 saturated heterocycles. The Morgan fingerprint density at radius 2 is 2.05 bits per heavy atom. The number of piperidine rings is 1. The highest BCUT2D eigenvalue weighted by atomic mass is 16.5. The quantitative estimate of drug-likeness (QED) is 0.646. The van der Waals surface area contributed by atoms with Crippen molar-refractivity contribution < 1.29 is 19.1 Å². The molecule has 0 aromatic heterocycles. The summed E-state index contributed by atoms with van der Waals surface area (Å²) >= 11 is 0. The van der Waals surface area contributed by atoms with Crippen LogP contribution in [0.2, 0.25) is 0 Å². The first-order valence-corrected chi connectivity index (χ1v) is 6.68. The van der Waals surface area contributed by atoms with E-state index in [2.05, 4.69) is 5.32 Å². The number of rotatable bonds is 7. The Morgan fingerprint density at radius 3 is 2.65 bits per heavy atom. The normalized spacial score (nSPS) is 15.7. The zero-order chi connectivity index (χ0) is 14.8. The first-order valence-electron chi connectivity index (χ1n) is 6.68. The molecule has 0 saturated carbocycles. The van der Waals surface area contributed by atoms with E-state index in [1.165, 1.54) is 0 Å². The Hall–Kier alpha value is -1.65. The van der Waals surface area contributed by atoms with E-state index in [9.17, 15) is 9.59 Å². The number of carbonyl (C=O) groups excluding carboxylic acids is 2. The first kappa shape index (κ1) is 16.4. The molecule has 20 heavy (non-hydrogen) atoms. The molecule has 2 amide bonds. The second-order valence-corrected chi connectivity index (χ2v) is 4.60. The highest BCUT2D eigenvalue weighted by Gasteiger charge is 2.23. The van der Waals surface area contributed by atoms with Gasteiger partial charge in [-0.25, -0.2) is 0 Å². The summed E-state index contributed by atoms with van der Waals surface area (Å²) in [5.74, 6) is -0.289. The lowest BCUT2D eigenvalue weighted by molar-refractivity contribution is -0.137. The van der Waals surface area contributed by atoms with Gasteiger partial charge >= 0.3 is 0 Å². The summed E-state index contributed by atoms with van der Waals surface area (Å²) in [5, 5.41) is 11.2. The van der Waals surface area contributed by atoms with E-state index in [1.54, 1.807) is 12.0 Å². The second kappa shape index (κ2) is 9.28. The smallest absolute Gasteiger partial charge is 0.248 e. The predicted octanol–water partition coefficient (Wildman–Crippen LogP) is -0.330. The lowest BCUT2D eigenvalue weighted by Gasteiger charge is -2.32. The Kier molecular flexibility index (Phi) is 7.62. The summed E-state index contributed by atoms with van der Waals surface area (Å²) < 4.78 is 10.0. The van der Waals surface area contributed by atoms with Gasteiger partial charge in [-0.2, -0.15) is 5.26 Å². The highest BCUT2D eigenvalue weighted by molar-refractivity contribution is 5.79. The molecular weight excluding hydrogens is 262 g/mol. The van der Waals surface area contributed by atoms with E-state index < -0.39 is 0 Å². The Labute approximate surface area is 118 Å². The van der Waals surface area contributed by atoms with E-state index in [0.717, 1.165) is 0 Å². The topological polar surface area (TPSA) is 91.7 Å². The molecule has 1 heterocycles. The van der Waals surface area contributed by atoms with Gasteiger partial charge in [0.1, 0.15) is 13.0 Å². The SMILES string of the molecule is COCCOCC(=O)N1CCC(NC(=O)CC#N)CC1. The molecule has 0 spiro atoms. The third-order valence-corrected chi connectivity index (χ3v) is 3.11. The summed E-state index contributed by atoms with van der Waals surface area (Å²) in [5.41, 5.74) is 0. The molecule has 1 N–H and O–H groups in total. The van der Waals surface area contributed by atoms with Crippen LogP contribution in [-0.2, 0) is 19.1 Å². The van der Waals surface area contributed by atoms with Crippen molar-refractivity contribution in [2.75, 3.05) is 40.0 Å². The van der Waals surface area contributed by atoms with Crippen molar-refractivity contribution in [3.05, 3.63) is 0 Å². The molecule has 0 unspecified atom stereocenters. The molecule has 0 aromatic rings. The van der Waals surface area contributed by atoms with Gasteiger partial charge in [-0.3, -0.25) is 9.59 Å². The number of likely N-dealkylation sites (tertiary alicyclic amines) is 1. The fourth-order valence-electron chi connectivity index (χ4n) is 2.02. The van der Waals surface area contributed by atoms with Crippen molar-refractivity contribution in [1.29, 1.82) is 5.26 Å². The number of ether oxygens (including phenoxy) is 2. The molecule has 7 nitrogen and oxygen atoms in total. The van der Waals surface area contributed by atoms with Crippen molar-refractivity contribution in [1.82, 2.24) is 10.2 Å². The van der Waals surface area contributed by atoms with E-state index in [-0.39, 0.29) is 30.9 Å². The van der Waals surface area contributed by atoms with E-state index in [4.69, 9.17) is 14.7 Å². The number of amides is 2. The maximum Gasteiger partial charge on any atom is 0.248 e. The van der Waals surface area contributed by atoms with Gasteiger partial charge in [0.15, 0.2) is 0 Å². The summed E-state index contributed by atoms with van der Waals surface area (Å²) in [6.07, 6.45) is 1.30. The Morgan fingerprint density at radius 1 is 1.35 bits per heavy atom. The molecule has 7 heteroatoms. The maximum atomic E-state index is 11.8. The summed E-state index contributed by atoms with van der Waals surface area (Å²) in [4.78, 5) is 24.8. The molecule has 1 aliphatic rings. The number of nitriles is 1. The third-order valence-electron chi connectivity index (χ3n) is 3.11. The van der Waals surface area contributed by atoms with Gasteiger partial charge in [-0.05, 0) is 12.8 Å². The molecule has 1 rings (SSSR count). The fourth-order valence-corrected chi connectivity index (χ4v) is 2.02.